The Balaban J connectivity index is 2.11. The van der Waals surface area contributed by atoms with Crippen LogP contribution >= 0.6 is 0 Å². The second-order valence-corrected chi connectivity index (χ2v) is 5.87. The molecule has 2 N–H and O–H groups in total. The predicted octanol–water partition coefficient (Wildman–Crippen LogP) is 2.83. The van der Waals surface area contributed by atoms with Crippen molar-refractivity contribution >= 4 is 0 Å². The summed E-state index contributed by atoms with van der Waals surface area (Å²) in [7, 11) is 1.76. The molecule has 0 unspecified atom stereocenters. The van der Waals surface area contributed by atoms with Crippen molar-refractivity contribution in [2.75, 3.05) is 7.11 Å². The largest absolute Gasteiger partial charge is 0.496 e. The molecule has 2 nitrogen and oxygen atoms in total. The Morgan fingerprint density at radius 2 is 1.65 bits per heavy atom. The number of rotatable bonds is 3. The van der Waals surface area contributed by atoms with Gasteiger partial charge in [-0.05, 0) is 56.7 Å². The van der Waals surface area contributed by atoms with Crippen LogP contribution in [0.2, 0.25) is 0 Å². The molecule has 0 bridgehead atoms. The number of nitrogens with two attached hydrogens (primary N) is 1. The highest BCUT2D eigenvalue weighted by Gasteiger charge is 2.64. The van der Waals surface area contributed by atoms with Gasteiger partial charge in [0.1, 0.15) is 5.75 Å². The molecule has 0 atom stereocenters. The summed E-state index contributed by atoms with van der Waals surface area (Å²) in [6.45, 7) is 4.31. The van der Waals surface area contributed by atoms with Crippen LogP contribution in [0.15, 0.2) is 12.1 Å². The maximum atomic E-state index is 6.48. The number of ether oxygens (including phenoxy) is 1. The summed E-state index contributed by atoms with van der Waals surface area (Å²) in [6, 6.07) is 4.46. The van der Waals surface area contributed by atoms with Crippen LogP contribution in [0.25, 0.3) is 0 Å². The van der Waals surface area contributed by atoms with Gasteiger partial charge in [0, 0.05) is 16.5 Å². The van der Waals surface area contributed by atoms with Crippen molar-refractivity contribution in [3.8, 4) is 5.75 Å². The fraction of sp³-hybridized carbons (Fsp3) is 0.600. The first-order valence-corrected chi connectivity index (χ1v) is 6.47. The van der Waals surface area contributed by atoms with Crippen LogP contribution in [0, 0.1) is 13.8 Å². The normalized spacial score (nSPS) is 23.3. The zero-order chi connectivity index (χ0) is 12.3. The highest BCUT2D eigenvalue weighted by atomic mass is 16.5. The first-order chi connectivity index (χ1) is 8.02. The molecule has 0 amide bonds. The molecule has 2 saturated carbocycles. The van der Waals surface area contributed by atoms with Crippen molar-refractivity contribution in [2.24, 2.45) is 5.73 Å². The van der Waals surface area contributed by atoms with Gasteiger partial charge >= 0.3 is 0 Å². The van der Waals surface area contributed by atoms with Crippen molar-refractivity contribution in [2.45, 2.75) is 50.5 Å². The molecule has 92 valence electrons. The monoisotopic (exact) mass is 231 g/mol. The SMILES string of the molecule is COc1cc(C)c(C)cc1C1(C2(N)CC2)CC1. The lowest BCUT2D eigenvalue weighted by atomic mass is 9.84. The van der Waals surface area contributed by atoms with E-state index in [4.69, 9.17) is 10.5 Å². The highest BCUT2D eigenvalue weighted by Crippen LogP contribution is 2.65. The van der Waals surface area contributed by atoms with E-state index < -0.39 is 0 Å². The minimum absolute atomic E-state index is 0.0575. The van der Waals surface area contributed by atoms with E-state index in [1.807, 2.05) is 0 Å². The Morgan fingerprint density at radius 3 is 2.12 bits per heavy atom. The molecule has 0 aromatic heterocycles. The van der Waals surface area contributed by atoms with Gasteiger partial charge in [0.15, 0.2) is 0 Å². The quantitative estimate of drug-likeness (QED) is 0.868. The number of methoxy groups -OCH3 is 1. The van der Waals surface area contributed by atoms with E-state index in [0.717, 1.165) is 5.75 Å². The van der Waals surface area contributed by atoms with Gasteiger partial charge in [0.25, 0.3) is 0 Å². The van der Waals surface area contributed by atoms with Gasteiger partial charge in [-0.2, -0.15) is 0 Å². The molecule has 1 aromatic rings. The van der Waals surface area contributed by atoms with Crippen molar-refractivity contribution in [1.29, 1.82) is 0 Å². The lowest BCUT2D eigenvalue weighted by molar-refractivity contribution is 0.392. The van der Waals surface area contributed by atoms with E-state index >= 15 is 0 Å². The van der Waals surface area contributed by atoms with Gasteiger partial charge in [-0.25, -0.2) is 0 Å². The summed E-state index contributed by atoms with van der Waals surface area (Å²) in [6.07, 6.45) is 4.79. The Kier molecular flexibility index (Phi) is 2.13. The predicted molar refractivity (Wildman–Crippen MR) is 69.5 cm³/mol. The molecular weight excluding hydrogens is 210 g/mol. The van der Waals surface area contributed by atoms with Crippen molar-refractivity contribution in [3.05, 3.63) is 28.8 Å². The molecule has 2 heteroatoms. The second kappa shape index (κ2) is 3.26. The third-order valence-corrected chi connectivity index (χ3v) is 4.82. The molecule has 1 aromatic carbocycles. The molecule has 2 aliphatic rings. The average molecular weight is 231 g/mol. The number of hydrogen-bond acceptors (Lipinski definition) is 2. The molecule has 2 aliphatic carbocycles. The van der Waals surface area contributed by atoms with Crippen molar-refractivity contribution in [1.82, 2.24) is 0 Å². The molecule has 2 fully saturated rings. The first-order valence-electron chi connectivity index (χ1n) is 6.47. The fourth-order valence-electron chi connectivity index (χ4n) is 3.11. The van der Waals surface area contributed by atoms with Crippen LogP contribution in [-0.4, -0.2) is 12.6 Å². The van der Waals surface area contributed by atoms with Gasteiger partial charge in [-0.15, -0.1) is 0 Å². The van der Waals surface area contributed by atoms with Gasteiger partial charge in [0.05, 0.1) is 7.11 Å². The van der Waals surface area contributed by atoms with Crippen LogP contribution in [0.1, 0.15) is 42.4 Å². The van der Waals surface area contributed by atoms with Crippen LogP contribution in [0.5, 0.6) is 5.75 Å². The molecule has 0 radical (unpaired) electrons. The molecule has 3 rings (SSSR count). The highest BCUT2D eigenvalue weighted by molar-refractivity contribution is 5.52. The molecule has 0 aliphatic heterocycles. The first kappa shape index (κ1) is 11.1. The Bertz CT molecular complexity index is 470. The van der Waals surface area contributed by atoms with Gasteiger partial charge in [-0.1, -0.05) is 6.07 Å². The Morgan fingerprint density at radius 1 is 1.06 bits per heavy atom. The zero-order valence-corrected chi connectivity index (χ0v) is 11.0. The number of benzene rings is 1. The van der Waals surface area contributed by atoms with E-state index in [0.29, 0.717) is 0 Å². The van der Waals surface area contributed by atoms with Gasteiger partial charge in [0.2, 0.25) is 0 Å². The smallest absolute Gasteiger partial charge is 0.122 e. The van der Waals surface area contributed by atoms with E-state index in [-0.39, 0.29) is 11.0 Å². The van der Waals surface area contributed by atoms with Crippen molar-refractivity contribution < 1.29 is 4.74 Å². The average Bonchev–Trinajstić information content (AvgIpc) is 3.17. The summed E-state index contributed by atoms with van der Waals surface area (Å²) in [4.78, 5) is 0. The third kappa shape index (κ3) is 1.43. The maximum Gasteiger partial charge on any atom is 0.122 e. The summed E-state index contributed by atoms with van der Waals surface area (Å²) < 4.78 is 5.57. The van der Waals surface area contributed by atoms with Crippen LogP contribution < -0.4 is 10.5 Å². The molecule has 17 heavy (non-hydrogen) atoms. The Hall–Kier alpha value is -1.02. The van der Waals surface area contributed by atoms with Crippen LogP contribution in [0.3, 0.4) is 0 Å². The Labute approximate surface area is 103 Å². The van der Waals surface area contributed by atoms with Gasteiger partial charge in [-0.3, -0.25) is 0 Å². The lowest BCUT2D eigenvalue weighted by Crippen LogP contribution is -2.37. The van der Waals surface area contributed by atoms with Crippen molar-refractivity contribution in [3.63, 3.8) is 0 Å². The molecule has 0 heterocycles. The van der Waals surface area contributed by atoms with E-state index in [1.54, 1.807) is 7.11 Å². The van der Waals surface area contributed by atoms with E-state index in [2.05, 4.69) is 26.0 Å². The standard InChI is InChI=1S/C15H21NO/c1-10-8-12(13(17-3)9-11(10)2)14(4-5-14)15(16)6-7-15/h8-9H,4-7,16H2,1-3H3. The molecule has 0 saturated heterocycles. The molecule has 0 spiro atoms. The minimum atomic E-state index is 0.0575. The third-order valence-electron chi connectivity index (χ3n) is 4.82. The summed E-state index contributed by atoms with van der Waals surface area (Å²) in [5.74, 6) is 1.03. The zero-order valence-electron chi connectivity index (χ0n) is 11.0. The van der Waals surface area contributed by atoms with E-state index in [9.17, 15) is 0 Å². The number of aryl methyl sites for hydroxylation is 2. The number of hydrogen-bond donors (Lipinski definition) is 1. The summed E-state index contributed by atoms with van der Waals surface area (Å²) >= 11 is 0. The summed E-state index contributed by atoms with van der Waals surface area (Å²) in [5.41, 5.74) is 10.7. The van der Waals surface area contributed by atoms with Crippen LogP contribution in [-0.2, 0) is 5.41 Å². The topological polar surface area (TPSA) is 35.2 Å². The van der Waals surface area contributed by atoms with Gasteiger partial charge < -0.3 is 10.5 Å². The fourth-order valence-corrected chi connectivity index (χ4v) is 3.11. The lowest BCUT2D eigenvalue weighted by Gasteiger charge is -2.26. The molecular formula is C15H21NO. The summed E-state index contributed by atoms with van der Waals surface area (Å²) in [5, 5.41) is 0. The minimum Gasteiger partial charge on any atom is -0.496 e. The van der Waals surface area contributed by atoms with Crippen LogP contribution in [0.4, 0.5) is 0 Å². The maximum absolute atomic E-state index is 6.48. The second-order valence-electron chi connectivity index (χ2n) is 5.87. The van der Waals surface area contributed by atoms with E-state index in [1.165, 1.54) is 42.4 Å².